The third-order valence-electron chi connectivity index (χ3n) is 14.5. The zero-order valence-electron chi connectivity index (χ0n) is 40.1. The Hall–Kier alpha value is -5.30. The van der Waals surface area contributed by atoms with E-state index < -0.39 is 30.4 Å². The second kappa shape index (κ2) is 22.4. The molecule has 68 heavy (non-hydrogen) atoms. The monoisotopic (exact) mass is 956 g/mol. The molecule has 0 aliphatic rings. The van der Waals surface area contributed by atoms with Crippen LogP contribution in [0.15, 0.2) is 243 Å². The molecule has 0 bridgehead atoms. The van der Waals surface area contributed by atoms with Crippen LogP contribution in [0.2, 0.25) is 0 Å². The summed E-state index contributed by atoms with van der Waals surface area (Å²) < 4.78 is 0. The van der Waals surface area contributed by atoms with Crippen LogP contribution >= 0.6 is 30.4 Å². The highest BCUT2D eigenvalue weighted by molar-refractivity contribution is 7.90. The summed E-state index contributed by atoms with van der Waals surface area (Å²) in [6.07, 6.45) is 6.62. The van der Waals surface area contributed by atoms with E-state index in [-0.39, 0.29) is 0 Å². The summed E-state index contributed by atoms with van der Waals surface area (Å²) in [4.78, 5) is 0. The van der Waals surface area contributed by atoms with Crippen LogP contribution in [0.4, 0.5) is 0 Å². The van der Waals surface area contributed by atoms with Crippen molar-refractivity contribution < 1.29 is 0 Å². The van der Waals surface area contributed by atoms with Crippen molar-refractivity contribution >= 4 is 72.8 Å². The lowest BCUT2D eigenvalue weighted by atomic mass is 9.90. The van der Waals surface area contributed by atoms with Gasteiger partial charge in [0.1, 0.15) is 0 Å². The summed E-state index contributed by atoms with van der Waals surface area (Å²) >= 11 is 0. The zero-order valence-corrected chi connectivity index (χ0v) is 43.7. The van der Waals surface area contributed by atoms with E-state index >= 15 is 0 Å². The van der Waals surface area contributed by atoms with Crippen molar-refractivity contribution in [2.24, 2.45) is 0 Å². The van der Waals surface area contributed by atoms with Gasteiger partial charge in [-0.15, -0.1) is 0 Å². The minimum atomic E-state index is -2.02. The second-order valence-corrected chi connectivity index (χ2v) is 30.3. The molecule has 338 valence electrons. The average Bonchev–Trinajstić information content (AvgIpc) is 3.42. The highest BCUT2D eigenvalue weighted by Gasteiger charge is 2.47. The van der Waals surface area contributed by atoms with Gasteiger partial charge in [-0.1, -0.05) is 194 Å². The quantitative estimate of drug-likeness (QED) is 0.0752. The van der Waals surface area contributed by atoms with Crippen molar-refractivity contribution in [2.45, 2.75) is 40.0 Å². The molecule has 0 nitrogen and oxygen atoms in total. The Morgan fingerprint density at radius 3 is 0.662 bits per heavy atom. The van der Waals surface area contributed by atoms with Gasteiger partial charge in [0.15, 0.2) is 0 Å². The van der Waals surface area contributed by atoms with Crippen LogP contribution < -0.4 is 42.4 Å². The van der Waals surface area contributed by atoms with Crippen LogP contribution in [0, 0.1) is 27.7 Å². The van der Waals surface area contributed by atoms with Crippen molar-refractivity contribution in [1.29, 1.82) is 0 Å². The topological polar surface area (TPSA) is 0 Å². The van der Waals surface area contributed by atoms with E-state index in [1.807, 2.05) is 0 Å². The van der Waals surface area contributed by atoms with Crippen LogP contribution in [-0.2, 0) is 12.3 Å². The van der Waals surface area contributed by atoms with Crippen LogP contribution in [0.3, 0.4) is 0 Å². The van der Waals surface area contributed by atoms with Gasteiger partial charge in [-0.05, 0) is 147 Å². The van der Waals surface area contributed by atoms with Crippen LogP contribution in [0.5, 0.6) is 0 Å². The number of hydrogen-bond donors (Lipinski definition) is 0. The summed E-state index contributed by atoms with van der Waals surface area (Å²) in [7, 11) is -5.17. The van der Waals surface area contributed by atoms with Gasteiger partial charge < -0.3 is 0 Å². The molecule has 0 aliphatic carbocycles. The van der Waals surface area contributed by atoms with Crippen LogP contribution in [-0.4, -0.2) is 24.6 Å². The molecule has 0 aromatic heterocycles. The zero-order chi connectivity index (χ0) is 46.8. The molecule has 0 radical (unpaired) electrons. The predicted octanol–water partition coefficient (Wildman–Crippen LogP) is 13.5. The third-order valence-corrected chi connectivity index (χ3v) is 29.0. The van der Waals surface area contributed by atoms with Crippen molar-refractivity contribution in [1.82, 2.24) is 0 Å². The minimum Gasteiger partial charge on any atom is -0.0622 e. The first-order valence-corrected chi connectivity index (χ1v) is 31.6. The normalized spacial score (nSPS) is 11.9. The Bertz CT molecular complexity index is 2570. The number of hydrogen-bond acceptors (Lipinski definition) is 0. The maximum atomic E-state index is 2.46. The molecule has 9 aromatic rings. The smallest absolute Gasteiger partial charge is 0.0622 e. The first kappa shape index (κ1) is 47.8. The molecular weight excluding hydrogens is 893 g/mol. The lowest BCUT2D eigenvalue weighted by Crippen LogP contribution is -2.30. The number of benzene rings is 9. The molecule has 0 amide bonds. The predicted molar refractivity (Wildman–Crippen MR) is 309 cm³/mol. The van der Waals surface area contributed by atoms with Gasteiger partial charge in [0.05, 0.1) is 60.4 Å². The van der Waals surface area contributed by atoms with E-state index in [1.165, 1.54) is 64.7 Å². The molecule has 0 saturated heterocycles. The van der Waals surface area contributed by atoms with Gasteiger partial charge in [0.2, 0.25) is 0 Å². The van der Waals surface area contributed by atoms with Gasteiger partial charge in [0, 0.05) is 12.3 Å². The Balaban J connectivity index is 1.17. The first-order valence-electron chi connectivity index (χ1n) is 24.2. The Morgan fingerprint density at radius 2 is 0.456 bits per heavy atom. The summed E-state index contributed by atoms with van der Waals surface area (Å²) in [6, 6.07) is 91.9. The summed E-state index contributed by atoms with van der Waals surface area (Å²) in [6.45, 7) is 9.84. The van der Waals surface area contributed by atoms with E-state index in [0.717, 1.165) is 37.0 Å². The molecule has 0 N–H and O–H groups in total. The van der Waals surface area contributed by atoms with Gasteiger partial charge >= 0.3 is 0 Å². The maximum absolute atomic E-state index is 2.46. The maximum Gasteiger partial charge on any atom is 0.0995 e. The summed E-state index contributed by atoms with van der Waals surface area (Å²) in [5.74, 6) is 0. The van der Waals surface area contributed by atoms with E-state index in [9.17, 15) is 0 Å². The minimum absolute atomic E-state index is 0.570. The third kappa shape index (κ3) is 10.3. The second-order valence-electron chi connectivity index (χ2n) is 18.1. The molecule has 0 heterocycles. The average molecular weight is 957 g/mol. The highest BCUT2D eigenvalue weighted by atomic mass is 31.2. The van der Waals surface area contributed by atoms with Crippen LogP contribution in [0.1, 0.15) is 33.4 Å². The molecular formula is C64H64P4+2. The van der Waals surface area contributed by atoms with Gasteiger partial charge in [-0.25, -0.2) is 0 Å². The van der Waals surface area contributed by atoms with Gasteiger partial charge in [0.25, 0.3) is 0 Å². The molecule has 4 heteroatoms. The van der Waals surface area contributed by atoms with Crippen LogP contribution in [0.25, 0.3) is 0 Å². The number of rotatable bonds is 18. The fourth-order valence-electron chi connectivity index (χ4n) is 10.5. The Morgan fingerprint density at radius 1 is 0.265 bits per heavy atom. The van der Waals surface area contributed by atoms with Crippen molar-refractivity contribution in [3.8, 4) is 0 Å². The molecule has 0 unspecified atom stereocenters. The van der Waals surface area contributed by atoms with Crippen molar-refractivity contribution in [2.75, 3.05) is 24.6 Å². The molecule has 0 atom stereocenters. The van der Waals surface area contributed by atoms with E-state index in [2.05, 4.69) is 270 Å². The molecule has 9 rings (SSSR count). The molecule has 0 spiro atoms. The largest absolute Gasteiger partial charge is 0.0995 e. The molecule has 0 fully saturated rings. The van der Waals surface area contributed by atoms with E-state index in [0.29, 0.717) is 0 Å². The Labute approximate surface area is 411 Å². The lowest BCUT2D eigenvalue weighted by Gasteiger charge is -2.33. The molecule has 0 aliphatic heterocycles. The molecule has 0 saturated carbocycles. The summed E-state index contributed by atoms with van der Waals surface area (Å²) in [5, 5.41) is 11.9. The van der Waals surface area contributed by atoms with Crippen molar-refractivity contribution in [3.05, 3.63) is 276 Å². The lowest BCUT2D eigenvalue weighted by molar-refractivity contribution is 1.10. The highest BCUT2D eigenvalue weighted by Crippen LogP contribution is 2.64. The van der Waals surface area contributed by atoms with E-state index in [1.54, 1.807) is 11.1 Å². The van der Waals surface area contributed by atoms with Gasteiger partial charge in [-0.3, -0.25) is 0 Å². The van der Waals surface area contributed by atoms with E-state index in [4.69, 9.17) is 0 Å². The first-order chi connectivity index (χ1) is 33.4. The fraction of sp³-hybridized carbons (Fsp3) is 0.156. The Kier molecular flexibility index (Phi) is 15.7. The SMILES string of the molecule is Cc1c(C)c(C[P+](CCP(c2ccccc2)c2ccccc2)(c2ccccc2)c2ccccc2)c(C)c(C)c1C[P+](CCP(c1ccccc1)c1ccccc1)(c1ccccc1)c1ccccc1. The fourth-order valence-corrected chi connectivity index (χ4v) is 26.2. The molecule has 9 aromatic carbocycles. The standard InChI is InChI=1S/C64H64P4/c1-51-52(2)64(50-68(61-41-25-11-26-42-61,62-43-27-12-28-44-62)48-46-66(57-33-17-7-18-34-57)58-35-19-8-20-36-58)54(4)53(3)63(51)49-67(59-37-21-9-22-38-59,60-39-23-10-24-40-60)47-45-65(55-29-13-5-14-30-55)56-31-15-6-16-32-56/h5-44H,45-50H2,1-4H3/q+2. The summed E-state index contributed by atoms with van der Waals surface area (Å²) in [5.41, 5.74) is 9.00. The van der Waals surface area contributed by atoms with Gasteiger partial charge in [-0.2, -0.15) is 0 Å². The van der Waals surface area contributed by atoms with Crippen molar-refractivity contribution in [3.63, 3.8) is 0 Å².